The van der Waals surface area contributed by atoms with Gasteiger partial charge < -0.3 is 14.9 Å². The van der Waals surface area contributed by atoms with Crippen LogP contribution in [0.4, 0.5) is 0 Å². The smallest absolute Gasteiger partial charge is 0.305 e. The minimum atomic E-state index is -0.0839. The number of H-pyrrole nitrogens is 2. The number of nitrogens with zero attached hydrogens (tertiary/aromatic N) is 3. The summed E-state index contributed by atoms with van der Waals surface area (Å²) in [6.45, 7) is 0. The van der Waals surface area contributed by atoms with E-state index in [-0.39, 0.29) is 5.97 Å². The van der Waals surface area contributed by atoms with Crippen molar-refractivity contribution in [2.24, 2.45) is 10.9 Å². The summed E-state index contributed by atoms with van der Waals surface area (Å²) in [6, 6.07) is 13.1. The Bertz CT molecular complexity index is 1390. The van der Waals surface area contributed by atoms with Gasteiger partial charge in [0.15, 0.2) is 5.82 Å². The Kier molecular flexibility index (Phi) is 5.68. The first-order valence-electron chi connectivity index (χ1n) is 12.4. The molecule has 0 unspecified atom stereocenters. The summed E-state index contributed by atoms with van der Waals surface area (Å²) in [5, 5.41) is 7.21. The maximum absolute atomic E-state index is 11.6. The quantitative estimate of drug-likeness (QED) is 0.357. The van der Waals surface area contributed by atoms with E-state index >= 15 is 0 Å². The van der Waals surface area contributed by atoms with E-state index in [1.807, 2.05) is 24.5 Å². The van der Waals surface area contributed by atoms with Crippen LogP contribution in [-0.4, -0.2) is 39.0 Å². The summed E-state index contributed by atoms with van der Waals surface area (Å²) in [6.07, 6.45) is 10.7. The number of benzene rings is 2. The third-order valence-corrected chi connectivity index (χ3v) is 7.58. The summed E-state index contributed by atoms with van der Waals surface area (Å²) < 4.78 is 4.83. The van der Waals surface area contributed by atoms with Crippen molar-refractivity contribution in [3.63, 3.8) is 0 Å². The Labute approximate surface area is 203 Å². The highest BCUT2D eigenvalue weighted by Gasteiger charge is 2.24. The summed E-state index contributed by atoms with van der Waals surface area (Å²) in [5.74, 6) is 1.69. The number of imidazole rings is 1. The molecule has 1 fully saturated rings. The number of hydrogen-bond donors (Lipinski definition) is 2. The number of hydrogen-bond acceptors (Lipinski definition) is 5. The van der Waals surface area contributed by atoms with Crippen LogP contribution in [0.15, 0.2) is 53.8 Å². The second kappa shape index (κ2) is 9.13. The first-order chi connectivity index (χ1) is 17.2. The molecule has 0 amide bonds. The Morgan fingerprint density at radius 3 is 2.51 bits per heavy atom. The van der Waals surface area contributed by atoms with Crippen LogP contribution in [0, 0.1) is 5.92 Å². The van der Waals surface area contributed by atoms with Gasteiger partial charge in [-0.25, -0.2) is 9.97 Å². The highest BCUT2D eigenvalue weighted by Crippen LogP contribution is 2.38. The van der Waals surface area contributed by atoms with Gasteiger partial charge in [0, 0.05) is 24.2 Å². The van der Waals surface area contributed by atoms with Crippen molar-refractivity contribution in [3.8, 4) is 0 Å². The predicted molar refractivity (Wildman–Crippen MR) is 137 cm³/mol. The van der Waals surface area contributed by atoms with Gasteiger partial charge in [-0.3, -0.25) is 9.79 Å². The minimum absolute atomic E-state index is 0.0839. The summed E-state index contributed by atoms with van der Waals surface area (Å²) in [4.78, 5) is 25.7. The number of fused-ring (bicyclic) bond motifs is 2. The van der Waals surface area contributed by atoms with Crippen LogP contribution in [-0.2, 0) is 9.53 Å². The molecule has 4 aromatic rings. The Balaban J connectivity index is 1.13. The van der Waals surface area contributed by atoms with Crippen LogP contribution in [0.3, 0.4) is 0 Å². The van der Waals surface area contributed by atoms with Crippen molar-refractivity contribution in [3.05, 3.63) is 65.7 Å². The van der Waals surface area contributed by atoms with E-state index < -0.39 is 0 Å². The van der Waals surface area contributed by atoms with E-state index in [0.717, 1.165) is 72.0 Å². The fourth-order valence-corrected chi connectivity index (χ4v) is 5.49. The number of esters is 1. The normalized spacial score (nSPS) is 20.6. The first-order valence-corrected chi connectivity index (χ1v) is 12.4. The maximum Gasteiger partial charge on any atom is 0.305 e. The number of allylic oxidation sites excluding steroid dienone is 1. The molecule has 2 N–H and O–H groups in total. The highest BCUT2D eigenvalue weighted by molar-refractivity contribution is 6.03. The molecule has 2 aliphatic rings. The van der Waals surface area contributed by atoms with Crippen molar-refractivity contribution < 1.29 is 9.53 Å². The second-order valence-corrected chi connectivity index (χ2v) is 9.74. The average Bonchev–Trinajstić information content (AvgIpc) is 3.54. The monoisotopic (exact) mass is 467 g/mol. The number of rotatable bonds is 5. The number of ether oxygens (including phenoxy) is 1. The van der Waals surface area contributed by atoms with Gasteiger partial charge in [-0.1, -0.05) is 24.3 Å². The molecule has 1 aliphatic carbocycles. The average molecular weight is 468 g/mol. The highest BCUT2D eigenvalue weighted by atomic mass is 16.5. The summed E-state index contributed by atoms with van der Waals surface area (Å²) in [5.41, 5.74) is 7.63. The molecule has 0 bridgehead atoms. The second-order valence-electron chi connectivity index (χ2n) is 9.74. The largest absolute Gasteiger partial charge is 0.469 e. The molecule has 178 valence electrons. The number of aliphatic imine (C=N–C) groups is 1. The fourth-order valence-electron chi connectivity index (χ4n) is 5.49. The van der Waals surface area contributed by atoms with Gasteiger partial charge >= 0.3 is 5.97 Å². The van der Waals surface area contributed by atoms with Crippen LogP contribution in [0.2, 0.25) is 0 Å². The molecule has 1 aliphatic heterocycles. The van der Waals surface area contributed by atoms with E-state index in [1.54, 1.807) is 0 Å². The minimum Gasteiger partial charge on any atom is -0.469 e. The van der Waals surface area contributed by atoms with E-state index in [2.05, 4.69) is 34.5 Å². The molecule has 0 saturated heterocycles. The summed E-state index contributed by atoms with van der Waals surface area (Å²) in [7, 11) is 1.47. The van der Waals surface area contributed by atoms with Crippen molar-refractivity contribution in [1.29, 1.82) is 0 Å². The van der Waals surface area contributed by atoms with Crippen molar-refractivity contribution in [2.75, 3.05) is 7.11 Å². The van der Waals surface area contributed by atoms with Gasteiger partial charge in [-0.15, -0.1) is 0 Å². The molecule has 35 heavy (non-hydrogen) atoms. The fraction of sp³-hybridized carbons (Fsp3) is 0.357. The SMILES string of the molecule is COC(=O)CC1CCC(c2ccc(C3=CN=C(c4nc5cc6c[nH][nH]c6cc5n4)CC3)cc2)CC1. The number of aromatic amines is 2. The molecule has 6 rings (SSSR count). The zero-order valence-corrected chi connectivity index (χ0v) is 19.9. The van der Waals surface area contributed by atoms with E-state index in [4.69, 9.17) is 19.7 Å². The van der Waals surface area contributed by atoms with Crippen LogP contribution in [0.25, 0.3) is 27.5 Å². The molecule has 2 aromatic heterocycles. The zero-order valence-electron chi connectivity index (χ0n) is 19.9. The van der Waals surface area contributed by atoms with Crippen molar-refractivity contribution in [1.82, 2.24) is 20.2 Å². The molecule has 0 spiro atoms. The van der Waals surface area contributed by atoms with E-state index in [1.165, 1.54) is 23.8 Å². The molecule has 3 heterocycles. The molecule has 7 heteroatoms. The van der Waals surface area contributed by atoms with Gasteiger partial charge in [0.05, 0.1) is 29.4 Å². The van der Waals surface area contributed by atoms with Crippen LogP contribution < -0.4 is 0 Å². The Hall–Kier alpha value is -3.74. The standard InChI is InChI=1S/C28H29N5O2/c1-35-27(34)12-17-2-4-18(5-3-17)19-6-8-20(9-7-19)21-10-11-23(29-15-21)28-31-25-13-22-16-30-33-24(22)14-26(25)32-28/h6-9,13-18,30,33H,2-5,10-12H2,1H3. The predicted octanol–water partition coefficient (Wildman–Crippen LogP) is 5.90. The maximum atomic E-state index is 11.6. The van der Waals surface area contributed by atoms with Gasteiger partial charge in [0.25, 0.3) is 0 Å². The van der Waals surface area contributed by atoms with Crippen molar-refractivity contribution in [2.45, 2.75) is 50.9 Å². The van der Waals surface area contributed by atoms with Crippen LogP contribution >= 0.6 is 0 Å². The number of methoxy groups -OCH3 is 1. The molecular weight excluding hydrogens is 438 g/mol. The lowest BCUT2D eigenvalue weighted by Crippen LogP contribution is -2.17. The molecule has 1 saturated carbocycles. The van der Waals surface area contributed by atoms with Gasteiger partial charge in [-0.2, -0.15) is 0 Å². The Morgan fingerprint density at radius 2 is 1.80 bits per heavy atom. The lowest BCUT2D eigenvalue weighted by molar-refractivity contribution is -0.142. The van der Waals surface area contributed by atoms with E-state index in [0.29, 0.717) is 18.3 Å². The lowest BCUT2D eigenvalue weighted by atomic mass is 9.77. The number of nitrogens with one attached hydrogen (secondary N) is 2. The molecule has 0 radical (unpaired) electrons. The summed E-state index contributed by atoms with van der Waals surface area (Å²) >= 11 is 0. The molecule has 0 atom stereocenters. The molecule has 7 nitrogen and oxygen atoms in total. The Morgan fingerprint density at radius 1 is 1.03 bits per heavy atom. The third-order valence-electron chi connectivity index (χ3n) is 7.58. The van der Waals surface area contributed by atoms with Crippen LogP contribution in [0.1, 0.15) is 67.8 Å². The topological polar surface area (TPSA) is 96.0 Å². The molecule has 2 aromatic carbocycles. The van der Waals surface area contributed by atoms with Crippen molar-refractivity contribution >= 4 is 39.2 Å². The lowest BCUT2D eigenvalue weighted by Gasteiger charge is -2.28. The van der Waals surface area contributed by atoms with Gasteiger partial charge in [-0.05, 0) is 79.2 Å². The van der Waals surface area contributed by atoms with Crippen LogP contribution in [0.5, 0.6) is 0 Å². The number of carbonyl (C=O) groups is 1. The number of carbonyl (C=O) groups excluding carboxylic acids is 1. The van der Waals surface area contributed by atoms with E-state index in [9.17, 15) is 4.79 Å². The number of aromatic nitrogens is 4. The zero-order chi connectivity index (χ0) is 23.8. The van der Waals surface area contributed by atoms with Gasteiger partial charge in [0.1, 0.15) is 0 Å². The first kappa shape index (κ1) is 21.8. The third kappa shape index (κ3) is 4.38. The van der Waals surface area contributed by atoms with Gasteiger partial charge in [0.2, 0.25) is 0 Å². The molecular formula is C28H29N5O2.